The zero-order valence-corrected chi connectivity index (χ0v) is 13.8. The monoisotopic (exact) mass is 348 g/mol. The molecule has 0 aliphatic rings. The fraction of sp³-hybridized carbons (Fsp3) is 0.571. The molecule has 0 saturated carbocycles. The molecule has 0 heterocycles. The van der Waals surface area contributed by atoms with E-state index in [2.05, 4.69) is 29.8 Å². The van der Waals surface area contributed by atoms with Gasteiger partial charge < -0.3 is 0 Å². The van der Waals surface area contributed by atoms with E-state index < -0.39 is 10.1 Å². The molecule has 0 spiro atoms. The van der Waals surface area contributed by atoms with Crippen molar-refractivity contribution in [3.63, 3.8) is 0 Å². The van der Waals surface area contributed by atoms with E-state index in [1.54, 1.807) is 24.3 Å². The fourth-order valence-electron chi connectivity index (χ4n) is 1.75. The Balaban J connectivity index is 2.61. The molecule has 0 aromatic heterocycles. The maximum atomic E-state index is 12.0. The highest BCUT2D eigenvalue weighted by Gasteiger charge is 2.17. The second-order valence-electron chi connectivity index (χ2n) is 4.61. The van der Waals surface area contributed by atoms with Gasteiger partial charge in [0.15, 0.2) is 0 Å². The summed E-state index contributed by atoms with van der Waals surface area (Å²) in [6.07, 6.45) is 4.19. The lowest BCUT2D eigenvalue weighted by atomic mass is 10.0. The summed E-state index contributed by atoms with van der Waals surface area (Å²) in [5.74, 6) is 0.310. The van der Waals surface area contributed by atoms with Crippen LogP contribution in [0.15, 0.2) is 33.6 Å². The first-order chi connectivity index (χ1) is 8.99. The van der Waals surface area contributed by atoms with Gasteiger partial charge in [-0.3, -0.25) is 4.18 Å². The van der Waals surface area contributed by atoms with Gasteiger partial charge in [-0.1, -0.05) is 49.0 Å². The Bertz CT molecular complexity index is 468. The molecule has 3 nitrogen and oxygen atoms in total. The highest BCUT2D eigenvalue weighted by atomic mass is 79.9. The minimum atomic E-state index is -3.63. The topological polar surface area (TPSA) is 43.4 Å². The first-order valence-electron chi connectivity index (χ1n) is 6.64. The van der Waals surface area contributed by atoms with E-state index in [0.717, 1.165) is 30.2 Å². The van der Waals surface area contributed by atoms with Gasteiger partial charge in [0.2, 0.25) is 0 Å². The van der Waals surface area contributed by atoms with Crippen LogP contribution in [0.2, 0.25) is 0 Å². The molecule has 1 atom stereocenters. The summed E-state index contributed by atoms with van der Waals surface area (Å²) in [6, 6.07) is 6.49. The SMILES string of the molecule is CCCCC(CC)COS(=O)(=O)c1ccc(Br)cc1. The average molecular weight is 349 g/mol. The molecule has 0 fully saturated rings. The molecular formula is C14H21BrO3S. The van der Waals surface area contributed by atoms with Crippen molar-refractivity contribution >= 4 is 26.0 Å². The van der Waals surface area contributed by atoms with Gasteiger partial charge in [0, 0.05) is 4.47 Å². The largest absolute Gasteiger partial charge is 0.296 e. The van der Waals surface area contributed by atoms with Gasteiger partial charge >= 0.3 is 0 Å². The molecule has 1 aromatic carbocycles. The second kappa shape index (κ2) is 8.02. The van der Waals surface area contributed by atoms with Crippen LogP contribution in [-0.2, 0) is 14.3 Å². The minimum Gasteiger partial charge on any atom is -0.266 e. The molecule has 1 rings (SSSR count). The molecule has 1 unspecified atom stereocenters. The van der Waals surface area contributed by atoms with E-state index in [0.29, 0.717) is 5.92 Å². The van der Waals surface area contributed by atoms with Gasteiger partial charge in [-0.25, -0.2) is 0 Å². The molecule has 0 radical (unpaired) electrons. The summed E-state index contributed by atoms with van der Waals surface area (Å²) in [4.78, 5) is 0.209. The maximum absolute atomic E-state index is 12.0. The van der Waals surface area contributed by atoms with E-state index in [4.69, 9.17) is 4.18 Å². The zero-order valence-electron chi connectivity index (χ0n) is 11.4. The Kier molecular flexibility index (Phi) is 7.04. The number of hydrogen-bond acceptors (Lipinski definition) is 3. The van der Waals surface area contributed by atoms with Crippen molar-refractivity contribution in [2.75, 3.05) is 6.61 Å². The molecular weight excluding hydrogens is 328 g/mol. The Morgan fingerprint density at radius 2 is 1.84 bits per heavy atom. The summed E-state index contributed by atoms with van der Waals surface area (Å²) < 4.78 is 30.0. The number of rotatable bonds is 8. The van der Waals surface area contributed by atoms with Gasteiger partial charge in [-0.15, -0.1) is 0 Å². The lowest BCUT2D eigenvalue weighted by molar-refractivity contribution is 0.238. The van der Waals surface area contributed by atoms with Crippen molar-refractivity contribution < 1.29 is 12.6 Å². The number of benzene rings is 1. The van der Waals surface area contributed by atoms with Gasteiger partial charge in [-0.2, -0.15) is 8.42 Å². The van der Waals surface area contributed by atoms with Gasteiger partial charge in [0.25, 0.3) is 10.1 Å². The van der Waals surface area contributed by atoms with Crippen LogP contribution >= 0.6 is 15.9 Å². The minimum absolute atomic E-state index is 0.209. The number of unbranched alkanes of at least 4 members (excludes halogenated alkanes) is 1. The molecule has 0 saturated heterocycles. The van der Waals surface area contributed by atoms with Crippen LogP contribution in [0.5, 0.6) is 0 Å². The van der Waals surface area contributed by atoms with Crippen molar-refractivity contribution in [3.8, 4) is 0 Å². The molecule has 1 aromatic rings. The van der Waals surface area contributed by atoms with Gasteiger partial charge in [-0.05, 0) is 36.6 Å². The van der Waals surface area contributed by atoms with Crippen molar-refractivity contribution in [1.82, 2.24) is 0 Å². The van der Waals surface area contributed by atoms with E-state index in [1.807, 2.05) is 0 Å². The standard InChI is InChI=1S/C14H21BrO3S/c1-3-5-6-12(4-2)11-18-19(16,17)14-9-7-13(15)8-10-14/h7-10,12H,3-6,11H2,1-2H3. The summed E-state index contributed by atoms with van der Waals surface area (Å²) in [7, 11) is -3.63. The first kappa shape index (κ1) is 16.7. The quantitative estimate of drug-likeness (QED) is 0.655. The smallest absolute Gasteiger partial charge is 0.266 e. The Morgan fingerprint density at radius 3 is 2.37 bits per heavy atom. The third-order valence-electron chi connectivity index (χ3n) is 3.10. The van der Waals surface area contributed by atoms with E-state index in [-0.39, 0.29) is 11.5 Å². The average Bonchev–Trinajstić information content (AvgIpc) is 2.39. The van der Waals surface area contributed by atoms with E-state index >= 15 is 0 Å². The molecule has 0 aliphatic carbocycles. The Hall–Kier alpha value is -0.390. The molecule has 0 aliphatic heterocycles. The van der Waals surface area contributed by atoms with Crippen molar-refractivity contribution in [1.29, 1.82) is 0 Å². The first-order valence-corrected chi connectivity index (χ1v) is 8.84. The number of halogens is 1. The van der Waals surface area contributed by atoms with Crippen molar-refractivity contribution in [2.45, 2.75) is 44.4 Å². The molecule has 19 heavy (non-hydrogen) atoms. The lowest BCUT2D eigenvalue weighted by Crippen LogP contribution is -2.14. The van der Waals surface area contributed by atoms with Crippen LogP contribution in [0, 0.1) is 5.92 Å². The van der Waals surface area contributed by atoms with Gasteiger partial charge in [0.1, 0.15) is 0 Å². The third kappa shape index (κ3) is 5.63. The molecule has 0 amide bonds. The molecule has 5 heteroatoms. The number of hydrogen-bond donors (Lipinski definition) is 0. The summed E-state index contributed by atoms with van der Waals surface area (Å²) in [5, 5.41) is 0. The van der Waals surface area contributed by atoms with Gasteiger partial charge in [0.05, 0.1) is 11.5 Å². The van der Waals surface area contributed by atoms with Crippen LogP contribution in [-0.4, -0.2) is 15.0 Å². The highest BCUT2D eigenvalue weighted by molar-refractivity contribution is 9.10. The van der Waals surface area contributed by atoms with Crippen molar-refractivity contribution in [2.24, 2.45) is 5.92 Å². The van der Waals surface area contributed by atoms with Crippen LogP contribution in [0.4, 0.5) is 0 Å². The predicted molar refractivity (Wildman–Crippen MR) is 80.6 cm³/mol. The summed E-state index contributed by atoms with van der Waals surface area (Å²) in [6.45, 7) is 4.47. The zero-order chi connectivity index (χ0) is 14.3. The van der Waals surface area contributed by atoms with Crippen LogP contribution in [0.25, 0.3) is 0 Å². The molecule has 0 N–H and O–H groups in total. The summed E-state index contributed by atoms with van der Waals surface area (Å²) >= 11 is 3.28. The second-order valence-corrected chi connectivity index (χ2v) is 7.14. The lowest BCUT2D eigenvalue weighted by Gasteiger charge is -2.14. The van der Waals surface area contributed by atoms with E-state index in [9.17, 15) is 8.42 Å². The molecule has 108 valence electrons. The maximum Gasteiger partial charge on any atom is 0.296 e. The normalized spacial score (nSPS) is 13.4. The van der Waals surface area contributed by atoms with Crippen LogP contribution < -0.4 is 0 Å². The Labute approximate surface area is 124 Å². The Morgan fingerprint density at radius 1 is 1.21 bits per heavy atom. The van der Waals surface area contributed by atoms with E-state index in [1.165, 1.54) is 0 Å². The van der Waals surface area contributed by atoms with Crippen LogP contribution in [0.3, 0.4) is 0 Å². The predicted octanol–water partition coefficient (Wildman–Crippen LogP) is 4.37. The van der Waals surface area contributed by atoms with Crippen LogP contribution in [0.1, 0.15) is 39.5 Å². The fourth-order valence-corrected chi connectivity index (χ4v) is 2.99. The van der Waals surface area contributed by atoms with Crippen molar-refractivity contribution in [3.05, 3.63) is 28.7 Å². The third-order valence-corrected chi connectivity index (χ3v) is 4.93. The summed E-state index contributed by atoms with van der Waals surface area (Å²) in [5.41, 5.74) is 0. The highest BCUT2D eigenvalue weighted by Crippen LogP contribution is 2.19. The molecule has 0 bridgehead atoms.